The van der Waals surface area contributed by atoms with Crippen molar-refractivity contribution in [1.82, 2.24) is 10.0 Å². The van der Waals surface area contributed by atoms with Gasteiger partial charge in [0.15, 0.2) is 5.78 Å². The molecular weight excluding hydrogens is 363 g/mol. The van der Waals surface area contributed by atoms with E-state index in [2.05, 4.69) is 0 Å². The summed E-state index contributed by atoms with van der Waals surface area (Å²) in [6.07, 6.45) is 1.42. The summed E-state index contributed by atoms with van der Waals surface area (Å²) < 4.78 is 33.7. The van der Waals surface area contributed by atoms with Crippen molar-refractivity contribution in [3.05, 3.63) is 12.2 Å². The third-order valence-corrected chi connectivity index (χ3v) is 5.17. The van der Waals surface area contributed by atoms with E-state index >= 15 is 0 Å². The molecule has 0 aromatic rings. The van der Waals surface area contributed by atoms with Crippen molar-refractivity contribution in [2.75, 3.05) is 20.8 Å². The maximum absolute atomic E-state index is 12.9. The van der Waals surface area contributed by atoms with Crippen LogP contribution in [0.3, 0.4) is 0 Å². The zero-order chi connectivity index (χ0) is 20.3. The van der Waals surface area contributed by atoms with Gasteiger partial charge in [-0.25, -0.2) is 14.6 Å². The molecule has 1 atom stereocenters. The molecule has 9 nitrogen and oxygen atoms in total. The van der Waals surface area contributed by atoms with Crippen molar-refractivity contribution in [3.8, 4) is 0 Å². The maximum Gasteiger partial charge on any atom is 0.430 e. The van der Waals surface area contributed by atoms with E-state index in [4.69, 9.17) is 18.5 Å². The van der Waals surface area contributed by atoms with Crippen molar-refractivity contribution >= 4 is 19.8 Å². The molecule has 10 heteroatoms. The van der Waals surface area contributed by atoms with E-state index in [1.807, 2.05) is 0 Å². The van der Waals surface area contributed by atoms with Crippen LogP contribution in [0, 0.1) is 0 Å². The minimum Gasteiger partial charge on any atom is -0.442 e. The van der Waals surface area contributed by atoms with Gasteiger partial charge in [0.25, 0.3) is 0 Å². The molecule has 0 fully saturated rings. The molecule has 1 aliphatic heterocycles. The molecule has 0 N–H and O–H groups in total. The highest BCUT2D eigenvalue weighted by Gasteiger charge is 2.47. The standard InChI is InChI=1S/C16H29N2O7P/c1-15(2,3)24-13(19)17-11-9-10-12(26(21,22-7)23-8)18(17)14(20)25-16(4,5)6/h9-10,12H,11H2,1-8H3. The molecule has 0 spiro atoms. The number of carbonyl (C=O) groups is 2. The summed E-state index contributed by atoms with van der Waals surface area (Å²) in [7, 11) is -1.36. The quantitative estimate of drug-likeness (QED) is 0.533. The fourth-order valence-electron chi connectivity index (χ4n) is 2.12. The second-order valence-corrected chi connectivity index (χ2v) is 9.97. The van der Waals surface area contributed by atoms with Crippen molar-refractivity contribution in [2.24, 2.45) is 0 Å². The lowest BCUT2D eigenvalue weighted by atomic mass is 10.2. The van der Waals surface area contributed by atoms with Crippen LogP contribution in [0.4, 0.5) is 9.59 Å². The first-order valence-corrected chi connectivity index (χ1v) is 9.76. The van der Waals surface area contributed by atoms with Crippen molar-refractivity contribution in [2.45, 2.75) is 58.5 Å². The molecular formula is C16H29N2O7P. The van der Waals surface area contributed by atoms with Gasteiger partial charge in [0, 0.05) is 14.2 Å². The summed E-state index contributed by atoms with van der Waals surface area (Å²) in [4.78, 5) is 25.4. The van der Waals surface area contributed by atoms with E-state index in [9.17, 15) is 14.2 Å². The first kappa shape index (κ1) is 22.5. The van der Waals surface area contributed by atoms with Crippen molar-refractivity contribution in [1.29, 1.82) is 0 Å². The van der Waals surface area contributed by atoms with Gasteiger partial charge in [-0.2, -0.15) is 5.01 Å². The van der Waals surface area contributed by atoms with Crippen molar-refractivity contribution < 1.29 is 32.7 Å². The van der Waals surface area contributed by atoms with E-state index in [0.29, 0.717) is 0 Å². The molecule has 0 bridgehead atoms. The third-order valence-electron chi connectivity index (χ3n) is 3.11. The molecule has 26 heavy (non-hydrogen) atoms. The average Bonchev–Trinajstić information content (AvgIpc) is 2.50. The average molecular weight is 392 g/mol. The highest BCUT2D eigenvalue weighted by molar-refractivity contribution is 7.54. The number of ether oxygens (including phenoxy) is 2. The third kappa shape index (κ3) is 5.72. The topological polar surface area (TPSA) is 94.6 Å². The van der Waals surface area contributed by atoms with Gasteiger partial charge in [-0.15, -0.1) is 0 Å². The summed E-state index contributed by atoms with van der Waals surface area (Å²) in [6.45, 7) is 10.2. The number of nitrogens with zero attached hydrogens (tertiary/aromatic N) is 2. The molecule has 1 unspecified atom stereocenters. The Morgan fingerprint density at radius 2 is 1.42 bits per heavy atom. The van der Waals surface area contributed by atoms with Gasteiger partial charge in [-0.05, 0) is 47.6 Å². The Hall–Kier alpha value is -1.57. The van der Waals surface area contributed by atoms with E-state index in [-0.39, 0.29) is 6.54 Å². The predicted molar refractivity (Wildman–Crippen MR) is 95.6 cm³/mol. The Balaban J connectivity index is 3.32. The summed E-state index contributed by atoms with van der Waals surface area (Å²) in [5, 5.41) is 1.95. The van der Waals surface area contributed by atoms with Gasteiger partial charge in [0.2, 0.25) is 0 Å². The van der Waals surface area contributed by atoms with E-state index in [1.54, 1.807) is 47.6 Å². The molecule has 0 aromatic carbocycles. The van der Waals surface area contributed by atoms with Gasteiger partial charge >= 0.3 is 19.8 Å². The van der Waals surface area contributed by atoms with Crippen LogP contribution in [-0.4, -0.2) is 60.0 Å². The Labute approximate surface area is 154 Å². The lowest BCUT2D eigenvalue weighted by Crippen LogP contribution is -2.58. The first-order valence-electron chi connectivity index (χ1n) is 8.14. The summed E-state index contributed by atoms with van der Waals surface area (Å²) in [5.41, 5.74) is -1.61. The smallest absolute Gasteiger partial charge is 0.430 e. The minimum absolute atomic E-state index is 0.0398. The van der Waals surface area contributed by atoms with Crippen LogP contribution in [-0.2, 0) is 23.1 Å². The molecule has 1 aliphatic rings. The SMILES string of the molecule is COP(=O)(OC)C1C=CCN(C(=O)OC(C)(C)C)N1C(=O)OC(C)(C)C. The Morgan fingerprint density at radius 3 is 1.85 bits per heavy atom. The van der Waals surface area contributed by atoms with E-state index in [0.717, 1.165) is 10.0 Å². The molecule has 0 radical (unpaired) electrons. The lowest BCUT2D eigenvalue weighted by molar-refractivity contribution is -0.0649. The molecule has 1 heterocycles. The molecule has 0 saturated heterocycles. The van der Waals surface area contributed by atoms with Gasteiger partial charge in [0.1, 0.15) is 11.2 Å². The summed E-state index contributed by atoms with van der Waals surface area (Å²) >= 11 is 0. The first-order chi connectivity index (χ1) is 11.7. The largest absolute Gasteiger partial charge is 0.442 e. The number of amides is 2. The van der Waals surface area contributed by atoms with Crippen LogP contribution in [0.25, 0.3) is 0 Å². The maximum atomic E-state index is 12.9. The zero-order valence-electron chi connectivity index (χ0n) is 16.6. The number of hydrogen-bond donors (Lipinski definition) is 0. The van der Waals surface area contributed by atoms with Gasteiger partial charge < -0.3 is 18.5 Å². The van der Waals surface area contributed by atoms with Crippen LogP contribution >= 0.6 is 7.60 Å². The van der Waals surface area contributed by atoms with Crippen LogP contribution < -0.4 is 0 Å². The number of rotatable bonds is 3. The van der Waals surface area contributed by atoms with Gasteiger partial charge in [0.05, 0.1) is 6.54 Å². The summed E-state index contributed by atoms with van der Waals surface area (Å²) in [6, 6.07) is 0. The van der Waals surface area contributed by atoms with Gasteiger partial charge in [-0.1, -0.05) is 6.08 Å². The van der Waals surface area contributed by atoms with Crippen LogP contribution in [0.15, 0.2) is 12.2 Å². The fourth-order valence-corrected chi connectivity index (χ4v) is 3.52. The second-order valence-electron chi connectivity index (χ2n) is 7.63. The van der Waals surface area contributed by atoms with Crippen LogP contribution in [0.5, 0.6) is 0 Å². The monoisotopic (exact) mass is 392 g/mol. The highest BCUT2D eigenvalue weighted by atomic mass is 31.2. The predicted octanol–water partition coefficient (Wildman–Crippen LogP) is 3.76. The lowest BCUT2D eigenvalue weighted by Gasteiger charge is -2.42. The number of hydrogen-bond acceptors (Lipinski definition) is 7. The Morgan fingerprint density at radius 1 is 0.962 bits per heavy atom. The molecule has 1 rings (SSSR count). The molecule has 0 aromatic heterocycles. The normalized spacial score (nSPS) is 18.7. The minimum atomic E-state index is -3.77. The molecule has 0 saturated carbocycles. The van der Waals surface area contributed by atoms with Crippen molar-refractivity contribution in [3.63, 3.8) is 0 Å². The number of hydrazine groups is 1. The van der Waals surface area contributed by atoms with Crippen LogP contribution in [0.2, 0.25) is 0 Å². The number of carbonyl (C=O) groups excluding carboxylic acids is 2. The van der Waals surface area contributed by atoms with E-state index in [1.165, 1.54) is 20.3 Å². The highest BCUT2D eigenvalue weighted by Crippen LogP contribution is 2.54. The second kappa shape index (κ2) is 7.98. The fraction of sp³-hybridized carbons (Fsp3) is 0.750. The van der Waals surface area contributed by atoms with Crippen LogP contribution in [0.1, 0.15) is 41.5 Å². The molecule has 2 amide bonds. The Bertz CT molecular complexity index is 599. The molecule has 150 valence electrons. The molecule has 0 aliphatic carbocycles. The van der Waals surface area contributed by atoms with Gasteiger partial charge in [-0.3, -0.25) is 4.57 Å². The van der Waals surface area contributed by atoms with E-state index < -0.39 is 36.8 Å². The Kier molecular flexibility index (Phi) is 6.90. The zero-order valence-corrected chi connectivity index (χ0v) is 17.5. The summed E-state index contributed by atoms with van der Waals surface area (Å²) in [5.74, 6) is -1.17.